The summed E-state index contributed by atoms with van der Waals surface area (Å²) in [5.41, 5.74) is 5.36. The molecule has 1 amide bonds. The maximum atomic E-state index is 12.5. The molecule has 180 valence electrons. The number of imidazole rings is 1. The molecule has 8 nitrogen and oxygen atoms in total. The number of morpholine rings is 1. The highest BCUT2D eigenvalue weighted by molar-refractivity contribution is 7.98. The van der Waals surface area contributed by atoms with Gasteiger partial charge in [-0.25, -0.2) is 13.8 Å². The molecule has 1 saturated carbocycles. The molecular formula is C24H30N6O2S2. The van der Waals surface area contributed by atoms with Gasteiger partial charge in [0.15, 0.2) is 5.65 Å². The van der Waals surface area contributed by atoms with Crippen molar-refractivity contribution in [1.29, 1.82) is 0 Å². The highest BCUT2D eigenvalue weighted by Crippen LogP contribution is 2.29. The van der Waals surface area contributed by atoms with Gasteiger partial charge >= 0.3 is 0 Å². The third-order valence-electron chi connectivity index (χ3n) is 6.00. The zero-order valence-electron chi connectivity index (χ0n) is 19.5. The highest BCUT2D eigenvalue weighted by Gasteiger charge is 2.24. The van der Waals surface area contributed by atoms with Crippen LogP contribution in [0.3, 0.4) is 0 Å². The average molecular weight is 499 g/mol. The summed E-state index contributed by atoms with van der Waals surface area (Å²) in [6.07, 6.45) is 6.05. The van der Waals surface area contributed by atoms with Crippen molar-refractivity contribution in [2.75, 3.05) is 50.2 Å². The van der Waals surface area contributed by atoms with Gasteiger partial charge in [0.1, 0.15) is 5.03 Å². The molecule has 0 spiro atoms. The second-order valence-corrected chi connectivity index (χ2v) is 10.6. The SMILES string of the molecule is CSc1cc(NCCSN2CCOCC2)c2ncc(-c3ccc(C(=O)NC4CC4)c(C)c3)n2n1. The molecule has 3 heterocycles. The molecule has 3 aromatic rings. The third kappa shape index (κ3) is 5.35. The van der Waals surface area contributed by atoms with E-state index in [2.05, 4.69) is 26.0 Å². The number of rotatable bonds is 9. The molecule has 1 aliphatic heterocycles. The van der Waals surface area contributed by atoms with Crippen LogP contribution in [0.2, 0.25) is 0 Å². The van der Waals surface area contributed by atoms with Crippen molar-refractivity contribution >= 4 is 41.0 Å². The van der Waals surface area contributed by atoms with E-state index in [1.165, 1.54) is 0 Å². The summed E-state index contributed by atoms with van der Waals surface area (Å²) in [7, 11) is 0. The van der Waals surface area contributed by atoms with Gasteiger partial charge < -0.3 is 15.4 Å². The maximum Gasteiger partial charge on any atom is 0.251 e. The fourth-order valence-corrected chi connectivity index (χ4v) is 5.24. The number of anilines is 1. The van der Waals surface area contributed by atoms with Crippen LogP contribution >= 0.6 is 23.7 Å². The van der Waals surface area contributed by atoms with Crippen LogP contribution in [0.4, 0.5) is 5.69 Å². The Hall–Kier alpha value is -2.27. The molecule has 2 N–H and O–H groups in total. The van der Waals surface area contributed by atoms with Crippen molar-refractivity contribution in [2.45, 2.75) is 30.8 Å². The van der Waals surface area contributed by atoms with E-state index in [-0.39, 0.29) is 5.91 Å². The minimum Gasteiger partial charge on any atom is -0.381 e. The second kappa shape index (κ2) is 10.6. The Morgan fingerprint density at radius 3 is 2.79 bits per heavy atom. The first kappa shape index (κ1) is 23.5. The fourth-order valence-electron chi connectivity index (χ4n) is 3.98. The van der Waals surface area contributed by atoms with Gasteiger partial charge in [0, 0.05) is 42.6 Å². The van der Waals surface area contributed by atoms with Crippen LogP contribution in [0.5, 0.6) is 0 Å². The minimum absolute atomic E-state index is 0.00826. The van der Waals surface area contributed by atoms with E-state index >= 15 is 0 Å². The number of ether oxygens (including phenoxy) is 1. The van der Waals surface area contributed by atoms with Crippen molar-refractivity contribution in [2.24, 2.45) is 0 Å². The van der Waals surface area contributed by atoms with Gasteiger partial charge in [-0.1, -0.05) is 18.0 Å². The van der Waals surface area contributed by atoms with E-state index in [0.717, 1.165) is 90.2 Å². The standard InChI is InChI=1S/C24H30N6O2S2/c1-16-13-17(3-6-19(16)24(31)27-18-4-5-18)21-15-26-23-20(14-22(33-2)28-30(21)23)25-7-12-34-29-8-10-32-11-9-29/h3,6,13-15,18,25H,4-5,7-12H2,1-2H3,(H,27,31). The van der Waals surface area contributed by atoms with Crippen LogP contribution < -0.4 is 10.6 Å². The molecular weight excluding hydrogens is 468 g/mol. The van der Waals surface area contributed by atoms with Crippen LogP contribution in [0.25, 0.3) is 16.9 Å². The van der Waals surface area contributed by atoms with E-state index in [1.807, 2.05) is 54.0 Å². The molecule has 5 rings (SSSR count). The van der Waals surface area contributed by atoms with Crippen LogP contribution in [0.15, 0.2) is 35.5 Å². The number of hydrogen-bond donors (Lipinski definition) is 2. The molecule has 2 aromatic heterocycles. The quantitative estimate of drug-likeness (QED) is 0.262. The first-order chi connectivity index (χ1) is 16.6. The van der Waals surface area contributed by atoms with Crippen molar-refractivity contribution in [3.8, 4) is 11.3 Å². The summed E-state index contributed by atoms with van der Waals surface area (Å²) in [6, 6.07) is 8.34. The van der Waals surface area contributed by atoms with E-state index in [0.29, 0.717) is 6.04 Å². The van der Waals surface area contributed by atoms with Gasteiger partial charge in [-0.3, -0.25) is 4.79 Å². The van der Waals surface area contributed by atoms with Crippen molar-refractivity contribution in [3.63, 3.8) is 0 Å². The van der Waals surface area contributed by atoms with E-state index in [4.69, 9.17) is 9.84 Å². The number of nitrogens with one attached hydrogen (secondary N) is 2. The number of carbonyl (C=O) groups excluding carboxylic acids is 1. The Labute approximate surface area is 208 Å². The van der Waals surface area contributed by atoms with Gasteiger partial charge in [0.25, 0.3) is 5.91 Å². The molecule has 2 aliphatic rings. The number of fused-ring (bicyclic) bond motifs is 1. The summed E-state index contributed by atoms with van der Waals surface area (Å²) < 4.78 is 9.69. The van der Waals surface area contributed by atoms with E-state index < -0.39 is 0 Å². The van der Waals surface area contributed by atoms with E-state index in [9.17, 15) is 4.79 Å². The zero-order valence-corrected chi connectivity index (χ0v) is 21.2. The predicted octanol–water partition coefficient (Wildman–Crippen LogP) is 3.71. The largest absolute Gasteiger partial charge is 0.381 e. The number of hydrogen-bond acceptors (Lipinski definition) is 8. The fraction of sp³-hybridized carbons (Fsp3) is 0.458. The number of benzene rings is 1. The number of aryl methyl sites for hydroxylation is 1. The number of carbonyl (C=O) groups is 1. The second-order valence-electron chi connectivity index (χ2n) is 8.56. The molecule has 0 radical (unpaired) electrons. The van der Waals surface area contributed by atoms with Crippen LogP contribution in [0.1, 0.15) is 28.8 Å². The normalized spacial score (nSPS) is 16.6. The Morgan fingerprint density at radius 2 is 2.06 bits per heavy atom. The maximum absolute atomic E-state index is 12.5. The first-order valence-corrected chi connectivity index (χ1v) is 13.8. The predicted molar refractivity (Wildman–Crippen MR) is 139 cm³/mol. The molecule has 0 atom stereocenters. The summed E-state index contributed by atoms with van der Waals surface area (Å²) in [6.45, 7) is 6.39. The van der Waals surface area contributed by atoms with Crippen molar-refractivity contribution in [3.05, 3.63) is 41.6 Å². The number of amides is 1. The topological polar surface area (TPSA) is 83.8 Å². The number of thioether (sulfide) groups is 1. The monoisotopic (exact) mass is 498 g/mol. The lowest BCUT2D eigenvalue weighted by Crippen LogP contribution is -2.31. The Bertz CT molecular complexity index is 1170. The lowest BCUT2D eigenvalue weighted by Gasteiger charge is -2.25. The van der Waals surface area contributed by atoms with Gasteiger partial charge in [-0.2, -0.15) is 5.10 Å². The van der Waals surface area contributed by atoms with Crippen LogP contribution in [-0.4, -0.2) is 75.7 Å². The van der Waals surface area contributed by atoms with Gasteiger partial charge in [0.2, 0.25) is 0 Å². The Balaban J connectivity index is 1.34. The van der Waals surface area contributed by atoms with Crippen molar-refractivity contribution in [1.82, 2.24) is 24.2 Å². The lowest BCUT2D eigenvalue weighted by atomic mass is 10.0. The molecule has 1 aromatic carbocycles. The molecule has 0 unspecified atom stereocenters. The van der Waals surface area contributed by atoms with Gasteiger partial charge in [-0.05, 0) is 49.8 Å². The smallest absolute Gasteiger partial charge is 0.251 e. The average Bonchev–Trinajstić information content (AvgIpc) is 3.56. The lowest BCUT2D eigenvalue weighted by molar-refractivity contribution is 0.0773. The molecule has 0 bridgehead atoms. The molecule has 10 heteroatoms. The number of nitrogens with zero attached hydrogens (tertiary/aromatic N) is 4. The third-order valence-corrected chi connectivity index (χ3v) is 7.73. The highest BCUT2D eigenvalue weighted by atomic mass is 32.2. The van der Waals surface area contributed by atoms with E-state index in [1.54, 1.807) is 11.8 Å². The first-order valence-electron chi connectivity index (χ1n) is 11.7. The Kier molecular flexibility index (Phi) is 7.29. The summed E-state index contributed by atoms with van der Waals surface area (Å²) in [4.78, 5) is 17.2. The number of aromatic nitrogens is 3. The van der Waals surface area contributed by atoms with Gasteiger partial charge in [0.05, 0.1) is 30.8 Å². The van der Waals surface area contributed by atoms with Crippen LogP contribution in [-0.2, 0) is 4.74 Å². The van der Waals surface area contributed by atoms with Crippen molar-refractivity contribution < 1.29 is 9.53 Å². The van der Waals surface area contributed by atoms with Crippen LogP contribution in [0, 0.1) is 6.92 Å². The summed E-state index contributed by atoms with van der Waals surface area (Å²) in [5.74, 6) is 0.981. The summed E-state index contributed by atoms with van der Waals surface area (Å²) >= 11 is 3.46. The molecule has 2 fully saturated rings. The molecule has 1 aliphatic carbocycles. The molecule has 1 saturated heterocycles. The Morgan fingerprint density at radius 1 is 1.24 bits per heavy atom. The zero-order chi connectivity index (χ0) is 23.5. The van der Waals surface area contributed by atoms with Gasteiger partial charge in [-0.15, -0.1) is 11.8 Å². The minimum atomic E-state index is 0.00826. The summed E-state index contributed by atoms with van der Waals surface area (Å²) in [5, 5.41) is 12.4. The molecule has 34 heavy (non-hydrogen) atoms.